The van der Waals surface area contributed by atoms with E-state index in [-0.39, 0.29) is 23.9 Å². The van der Waals surface area contributed by atoms with E-state index in [0.717, 1.165) is 24.2 Å². The Morgan fingerprint density at radius 3 is 1.22 bits per heavy atom. The Morgan fingerprint density at radius 1 is 0.565 bits per heavy atom. The zero-order chi connectivity index (χ0) is 34.0. The minimum absolute atomic E-state index is 0.206. The maximum atomic E-state index is 13.6. The number of nitrogens with one attached hydrogen (secondary N) is 4. The van der Waals surface area contributed by atoms with Crippen LogP contribution in [0.3, 0.4) is 0 Å². The lowest BCUT2D eigenvalue weighted by molar-refractivity contribution is 0.255. The number of urea groups is 2. The summed E-state index contributed by atoms with van der Waals surface area (Å²) < 4.78 is 0. The SMILES string of the molecule is Cc1c(NC(=O)N(CC(C)C)c2ccc(NCC(C)C)nn2)ccc(NC(=O)N(CC(C)C)c2ccc(NCC(C)C)nn2)c1C. The number of hydrogen-bond acceptors (Lipinski definition) is 8. The molecule has 0 aliphatic carbocycles. The predicted molar refractivity (Wildman–Crippen MR) is 189 cm³/mol. The van der Waals surface area contributed by atoms with Crippen LogP contribution in [-0.4, -0.2) is 58.6 Å². The third-order valence-electron chi connectivity index (χ3n) is 7.09. The van der Waals surface area contributed by atoms with Gasteiger partial charge >= 0.3 is 12.1 Å². The monoisotopic (exact) mass is 632 g/mol. The second kappa shape index (κ2) is 16.7. The number of carbonyl (C=O) groups is 2. The van der Waals surface area contributed by atoms with E-state index in [2.05, 4.69) is 69.4 Å². The van der Waals surface area contributed by atoms with E-state index in [1.165, 1.54) is 0 Å². The average Bonchev–Trinajstić information content (AvgIpc) is 3.00. The highest BCUT2D eigenvalue weighted by atomic mass is 16.2. The van der Waals surface area contributed by atoms with Crippen LogP contribution in [0.15, 0.2) is 36.4 Å². The molecule has 2 aromatic heterocycles. The van der Waals surface area contributed by atoms with Gasteiger partial charge in [-0.05, 0) is 85.0 Å². The summed E-state index contributed by atoms with van der Waals surface area (Å²) >= 11 is 0. The number of anilines is 6. The van der Waals surface area contributed by atoms with Crippen molar-refractivity contribution in [3.63, 3.8) is 0 Å². The highest BCUT2D eigenvalue weighted by Crippen LogP contribution is 2.28. The van der Waals surface area contributed by atoms with E-state index < -0.39 is 0 Å². The molecule has 4 amide bonds. The highest BCUT2D eigenvalue weighted by Gasteiger charge is 2.23. The van der Waals surface area contributed by atoms with Crippen LogP contribution in [0.25, 0.3) is 0 Å². The minimum Gasteiger partial charge on any atom is -0.368 e. The molecule has 0 fully saturated rings. The number of amides is 4. The number of benzene rings is 1. The molecule has 0 atom stereocenters. The molecular formula is C34H52N10O2. The Labute approximate surface area is 274 Å². The Kier molecular flexibility index (Phi) is 13.1. The molecule has 3 aromatic rings. The first-order valence-corrected chi connectivity index (χ1v) is 16.2. The van der Waals surface area contributed by atoms with Gasteiger partial charge in [0.05, 0.1) is 0 Å². The van der Waals surface area contributed by atoms with Crippen LogP contribution in [-0.2, 0) is 0 Å². The van der Waals surface area contributed by atoms with Crippen LogP contribution < -0.4 is 31.1 Å². The van der Waals surface area contributed by atoms with E-state index in [4.69, 9.17) is 0 Å². The molecular weight excluding hydrogens is 580 g/mol. The summed E-state index contributed by atoms with van der Waals surface area (Å²) in [6, 6.07) is 10.3. The molecule has 250 valence electrons. The summed E-state index contributed by atoms with van der Waals surface area (Å²) in [5.41, 5.74) is 2.97. The fourth-order valence-corrected chi connectivity index (χ4v) is 4.49. The van der Waals surface area contributed by atoms with Gasteiger partial charge in [0.15, 0.2) is 11.6 Å². The molecule has 0 saturated heterocycles. The van der Waals surface area contributed by atoms with Crippen molar-refractivity contribution >= 4 is 46.7 Å². The van der Waals surface area contributed by atoms with Crippen molar-refractivity contribution in [1.29, 1.82) is 0 Å². The molecule has 0 saturated carbocycles. The first-order valence-electron chi connectivity index (χ1n) is 16.2. The Hall–Kier alpha value is -4.48. The normalized spacial score (nSPS) is 11.3. The van der Waals surface area contributed by atoms with Crippen molar-refractivity contribution in [1.82, 2.24) is 20.4 Å². The van der Waals surface area contributed by atoms with Crippen molar-refractivity contribution in [3.05, 3.63) is 47.5 Å². The third kappa shape index (κ3) is 10.6. The van der Waals surface area contributed by atoms with Crippen molar-refractivity contribution in [3.8, 4) is 0 Å². The number of carbonyl (C=O) groups excluding carboxylic acids is 2. The van der Waals surface area contributed by atoms with E-state index >= 15 is 0 Å². The lowest BCUT2D eigenvalue weighted by Crippen LogP contribution is -2.39. The number of rotatable bonds is 14. The maximum absolute atomic E-state index is 13.6. The molecule has 46 heavy (non-hydrogen) atoms. The predicted octanol–water partition coefficient (Wildman–Crippen LogP) is 7.41. The van der Waals surface area contributed by atoms with Crippen LogP contribution in [0.1, 0.15) is 66.5 Å². The van der Waals surface area contributed by atoms with Crippen molar-refractivity contribution in [2.75, 3.05) is 57.2 Å². The van der Waals surface area contributed by atoms with Gasteiger partial charge in [0.25, 0.3) is 0 Å². The van der Waals surface area contributed by atoms with Gasteiger partial charge in [-0.25, -0.2) is 9.59 Å². The van der Waals surface area contributed by atoms with Crippen LogP contribution in [0.2, 0.25) is 0 Å². The third-order valence-corrected chi connectivity index (χ3v) is 7.09. The summed E-state index contributed by atoms with van der Waals surface area (Å²) in [6.45, 7) is 23.0. The molecule has 0 bridgehead atoms. The molecule has 0 aliphatic heterocycles. The van der Waals surface area contributed by atoms with E-state index in [1.54, 1.807) is 34.1 Å². The highest BCUT2D eigenvalue weighted by molar-refractivity contribution is 6.03. The lowest BCUT2D eigenvalue weighted by atomic mass is 10.1. The van der Waals surface area contributed by atoms with Gasteiger partial charge in [-0.3, -0.25) is 9.80 Å². The zero-order valence-electron chi connectivity index (χ0n) is 29.1. The molecule has 4 N–H and O–H groups in total. The van der Waals surface area contributed by atoms with Gasteiger partial charge in [0.1, 0.15) is 11.6 Å². The molecule has 0 radical (unpaired) electrons. The quantitative estimate of drug-likeness (QED) is 0.144. The zero-order valence-corrected chi connectivity index (χ0v) is 29.1. The Balaban J connectivity index is 1.76. The molecule has 0 spiro atoms. The molecule has 0 aliphatic rings. The summed E-state index contributed by atoms with van der Waals surface area (Å²) in [7, 11) is 0. The number of nitrogens with zero attached hydrogens (tertiary/aromatic N) is 6. The van der Waals surface area contributed by atoms with Gasteiger partial charge in [-0.2, -0.15) is 0 Å². The molecule has 3 rings (SSSR count). The summed E-state index contributed by atoms with van der Waals surface area (Å²) in [5, 5.41) is 29.8. The van der Waals surface area contributed by atoms with E-state index in [1.807, 2.05) is 53.7 Å². The fourth-order valence-electron chi connectivity index (χ4n) is 4.49. The first-order chi connectivity index (χ1) is 21.7. The Morgan fingerprint density at radius 2 is 0.935 bits per heavy atom. The van der Waals surface area contributed by atoms with Gasteiger partial charge in [0.2, 0.25) is 0 Å². The summed E-state index contributed by atoms with van der Waals surface area (Å²) in [6.07, 6.45) is 0. The fraction of sp³-hybridized carbons (Fsp3) is 0.529. The first kappa shape index (κ1) is 36.0. The Bertz CT molecular complexity index is 1310. The molecule has 12 heteroatoms. The van der Waals surface area contributed by atoms with Crippen LogP contribution in [0.5, 0.6) is 0 Å². The van der Waals surface area contributed by atoms with Crippen molar-refractivity contribution in [2.45, 2.75) is 69.2 Å². The van der Waals surface area contributed by atoms with Crippen molar-refractivity contribution < 1.29 is 9.59 Å². The second-order valence-electron chi connectivity index (χ2n) is 13.4. The molecule has 12 nitrogen and oxygen atoms in total. The standard InChI is InChI=1S/C34H52N10O2/c1-21(2)17-35-29-13-15-31(41-39-29)43(19-23(5)6)33(45)37-27-11-12-28(26(10)25(27)9)38-34(46)44(20-24(7)8)32-16-14-30(40-42-32)36-18-22(3)4/h11-16,21-24H,17-20H2,1-10H3,(H,35,39)(H,36,40)(H,37,45)(H,38,46). The van der Waals surface area contributed by atoms with Crippen molar-refractivity contribution in [2.24, 2.45) is 23.7 Å². The smallest absolute Gasteiger partial charge is 0.327 e. The summed E-state index contributed by atoms with van der Waals surface area (Å²) in [4.78, 5) is 30.3. The van der Waals surface area contributed by atoms with Crippen LogP contribution in [0, 0.1) is 37.5 Å². The van der Waals surface area contributed by atoms with E-state index in [0.29, 0.717) is 59.6 Å². The number of aromatic nitrogens is 4. The van der Waals surface area contributed by atoms with Gasteiger partial charge in [-0.15, -0.1) is 20.4 Å². The number of hydrogen-bond donors (Lipinski definition) is 4. The van der Waals surface area contributed by atoms with Crippen LogP contribution in [0.4, 0.5) is 44.2 Å². The molecule has 1 aromatic carbocycles. The van der Waals surface area contributed by atoms with Crippen LogP contribution >= 0.6 is 0 Å². The van der Waals surface area contributed by atoms with Gasteiger partial charge in [-0.1, -0.05) is 55.4 Å². The van der Waals surface area contributed by atoms with E-state index in [9.17, 15) is 9.59 Å². The average molecular weight is 633 g/mol. The van der Waals surface area contributed by atoms with Gasteiger partial charge in [0, 0.05) is 37.6 Å². The maximum Gasteiger partial charge on any atom is 0.327 e. The topological polar surface area (TPSA) is 140 Å². The molecule has 2 heterocycles. The molecule has 0 unspecified atom stereocenters. The van der Waals surface area contributed by atoms with Gasteiger partial charge < -0.3 is 21.3 Å². The second-order valence-corrected chi connectivity index (χ2v) is 13.4. The minimum atomic E-state index is -0.307. The summed E-state index contributed by atoms with van der Waals surface area (Å²) in [5.74, 6) is 3.63. The lowest BCUT2D eigenvalue weighted by Gasteiger charge is -2.26. The largest absolute Gasteiger partial charge is 0.368 e.